The number of carboxylic acid groups (broad SMARTS) is 1. The van der Waals surface area contributed by atoms with E-state index in [-0.39, 0.29) is 0 Å². The van der Waals surface area contributed by atoms with Crippen LogP contribution in [0.1, 0.15) is 36.7 Å². The van der Waals surface area contributed by atoms with Gasteiger partial charge >= 0.3 is 5.97 Å². The van der Waals surface area contributed by atoms with E-state index in [2.05, 4.69) is 5.32 Å². The maximum Gasteiger partial charge on any atom is 0.326 e. The Balaban J connectivity index is 2.98. The first-order chi connectivity index (χ1) is 9.27. The van der Waals surface area contributed by atoms with Gasteiger partial charge in [-0.2, -0.15) is 0 Å². The van der Waals surface area contributed by atoms with Crippen LogP contribution in [-0.4, -0.2) is 30.1 Å². The zero-order valence-electron chi connectivity index (χ0n) is 12.3. The molecule has 0 saturated carbocycles. The highest BCUT2D eigenvalue weighted by molar-refractivity contribution is 5.98. The van der Waals surface area contributed by atoms with Gasteiger partial charge in [0.15, 0.2) is 0 Å². The number of aliphatic carboxylic acids is 1. The Labute approximate surface area is 118 Å². The van der Waals surface area contributed by atoms with Crippen molar-refractivity contribution in [1.82, 2.24) is 5.32 Å². The lowest BCUT2D eigenvalue weighted by molar-refractivity contribution is -0.142. The first-order valence-electron chi connectivity index (χ1n) is 6.38. The normalized spacial score (nSPS) is 12.8. The molecule has 1 aromatic rings. The highest BCUT2D eigenvalue weighted by Crippen LogP contribution is 2.20. The molecule has 1 unspecified atom stereocenters. The van der Waals surface area contributed by atoms with E-state index in [9.17, 15) is 14.7 Å². The minimum absolute atomic E-state index is 0.302. The third-order valence-corrected chi connectivity index (χ3v) is 2.95. The molecule has 2 N–H and O–H groups in total. The van der Waals surface area contributed by atoms with Gasteiger partial charge in [0.2, 0.25) is 0 Å². The summed E-state index contributed by atoms with van der Waals surface area (Å²) in [5.74, 6) is -1.45. The molecule has 0 fully saturated rings. The largest absolute Gasteiger partial charge is 0.480 e. The van der Waals surface area contributed by atoms with Crippen LogP contribution in [0.4, 0.5) is 0 Å². The summed E-state index contributed by atoms with van der Waals surface area (Å²) in [6, 6.07) is 6.03. The van der Waals surface area contributed by atoms with Gasteiger partial charge in [0, 0.05) is 12.7 Å². The number of hydrogen-bond donors (Lipinski definition) is 2. The van der Waals surface area contributed by atoms with E-state index in [0.29, 0.717) is 12.2 Å². The average Bonchev–Trinajstić information content (AvgIpc) is 2.35. The Morgan fingerprint density at radius 1 is 1.30 bits per heavy atom. The van der Waals surface area contributed by atoms with Crippen LogP contribution in [0.2, 0.25) is 0 Å². The zero-order chi connectivity index (χ0) is 15.3. The molecule has 1 amide bonds. The van der Waals surface area contributed by atoms with Gasteiger partial charge in [0.25, 0.3) is 5.91 Å². The van der Waals surface area contributed by atoms with E-state index in [1.165, 1.54) is 0 Å². The monoisotopic (exact) mass is 279 g/mol. The van der Waals surface area contributed by atoms with Crippen LogP contribution in [0.15, 0.2) is 24.3 Å². The molecule has 5 heteroatoms. The highest BCUT2D eigenvalue weighted by atomic mass is 16.5. The lowest BCUT2D eigenvalue weighted by Crippen LogP contribution is -2.49. The van der Waals surface area contributed by atoms with Gasteiger partial charge in [-0.25, -0.2) is 4.79 Å². The first-order valence-corrected chi connectivity index (χ1v) is 6.38. The molecule has 0 saturated heterocycles. The molecular formula is C15H21NO4. The number of hydrogen-bond acceptors (Lipinski definition) is 3. The van der Waals surface area contributed by atoms with Crippen molar-refractivity contribution >= 4 is 11.9 Å². The first kappa shape index (κ1) is 16.2. The summed E-state index contributed by atoms with van der Waals surface area (Å²) in [4.78, 5) is 23.6. The third-order valence-electron chi connectivity index (χ3n) is 2.95. The minimum atomic E-state index is -1.05. The van der Waals surface area contributed by atoms with Crippen molar-refractivity contribution in [3.05, 3.63) is 35.4 Å². The summed E-state index contributed by atoms with van der Waals surface area (Å²) in [5.41, 5.74) is 0.591. The number of benzene rings is 1. The van der Waals surface area contributed by atoms with Crippen LogP contribution in [-0.2, 0) is 16.1 Å². The average molecular weight is 279 g/mol. The molecule has 1 rings (SSSR count). The van der Waals surface area contributed by atoms with Crippen molar-refractivity contribution in [2.24, 2.45) is 5.41 Å². The number of amides is 1. The van der Waals surface area contributed by atoms with Gasteiger partial charge in [0.1, 0.15) is 6.04 Å². The van der Waals surface area contributed by atoms with E-state index in [4.69, 9.17) is 4.74 Å². The van der Waals surface area contributed by atoms with Crippen molar-refractivity contribution in [2.45, 2.75) is 33.4 Å². The van der Waals surface area contributed by atoms with Gasteiger partial charge in [-0.15, -0.1) is 0 Å². The third kappa shape index (κ3) is 4.06. The van der Waals surface area contributed by atoms with Crippen molar-refractivity contribution in [1.29, 1.82) is 0 Å². The van der Waals surface area contributed by atoms with E-state index >= 15 is 0 Å². The molecule has 0 aliphatic carbocycles. The Morgan fingerprint density at radius 3 is 2.40 bits per heavy atom. The zero-order valence-corrected chi connectivity index (χ0v) is 12.3. The summed E-state index contributed by atoms with van der Waals surface area (Å²) in [6.45, 7) is 5.62. The number of nitrogens with one attached hydrogen (secondary N) is 1. The fraction of sp³-hybridized carbons (Fsp3) is 0.467. The molecule has 0 aliphatic heterocycles. The maximum atomic E-state index is 12.3. The number of carboxylic acids is 1. The van der Waals surface area contributed by atoms with Gasteiger partial charge in [-0.1, -0.05) is 39.0 Å². The molecule has 0 aliphatic rings. The Bertz CT molecular complexity index is 491. The predicted octanol–water partition coefficient (Wildman–Crippen LogP) is 2.06. The van der Waals surface area contributed by atoms with Gasteiger partial charge in [-0.05, 0) is 17.0 Å². The second-order valence-corrected chi connectivity index (χ2v) is 5.70. The van der Waals surface area contributed by atoms with Crippen LogP contribution in [0.5, 0.6) is 0 Å². The van der Waals surface area contributed by atoms with Crippen molar-refractivity contribution in [2.75, 3.05) is 7.11 Å². The van der Waals surface area contributed by atoms with E-state index in [1.807, 2.05) is 6.07 Å². The molecule has 20 heavy (non-hydrogen) atoms. The number of carbonyl (C=O) groups is 2. The minimum Gasteiger partial charge on any atom is -0.480 e. The standard InChI is InChI=1S/C15H21NO4/c1-15(2,3)12(14(18)19)16-13(17)11-8-6-5-7-10(11)9-20-4/h5-8,12H,9H2,1-4H3,(H,16,17)(H,18,19). The summed E-state index contributed by atoms with van der Waals surface area (Å²) >= 11 is 0. The van der Waals surface area contributed by atoms with Gasteiger partial charge < -0.3 is 15.2 Å². The van der Waals surface area contributed by atoms with Crippen LogP contribution in [0.25, 0.3) is 0 Å². The van der Waals surface area contributed by atoms with Crippen LogP contribution >= 0.6 is 0 Å². The SMILES string of the molecule is COCc1ccccc1C(=O)NC(C(=O)O)C(C)(C)C. The maximum absolute atomic E-state index is 12.3. The molecular weight excluding hydrogens is 258 g/mol. The summed E-state index contributed by atoms with van der Waals surface area (Å²) in [6.07, 6.45) is 0. The van der Waals surface area contributed by atoms with E-state index in [1.54, 1.807) is 46.1 Å². The van der Waals surface area contributed by atoms with E-state index in [0.717, 1.165) is 5.56 Å². The summed E-state index contributed by atoms with van der Waals surface area (Å²) in [7, 11) is 1.55. The van der Waals surface area contributed by atoms with Crippen molar-refractivity contribution in [3.8, 4) is 0 Å². The number of rotatable bonds is 5. The Morgan fingerprint density at radius 2 is 1.90 bits per heavy atom. The predicted molar refractivity (Wildman–Crippen MR) is 75.5 cm³/mol. The molecule has 5 nitrogen and oxygen atoms in total. The highest BCUT2D eigenvalue weighted by Gasteiger charge is 2.33. The van der Waals surface area contributed by atoms with Crippen LogP contribution < -0.4 is 5.32 Å². The second-order valence-electron chi connectivity index (χ2n) is 5.70. The number of carbonyl (C=O) groups excluding carboxylic acids is 1. The number of ether oxygens (including phenoxy) is 1. The topological polar surface area (TPSA) is 75.6 Å². The lowest BCUT2D eigenvalue weighted by atomic mass is 9.86. The summed E-state index contributed by atoms with van der Waals surface area (Å²) in [5, 5.41) is 11.8. The van der Waals surface area contributed by atoms with Crippen molar-refractivity contribution < 1.29 is 19.4 Å². The van der Waals surface area contributed by atoms with Crippen molar-refractivity contribution in [3.63, 3.8) is 0 Å². The molecule has 1 aromatic carbocycles. The molecule has 0 spiro atoms. The molecule has 0 aromatic heterocycles. The molecule has 1 atom stereocenters. The van der Waals surface area contributed by atoms with Gasteiger partial charge in [0.05, 0.1) is 6.61 Å². The molecule has 110 valence electrons. The van der Waals surface area contributed by atoms with E-state index < -0.39 is 23.3 Å². The Kier molecular flexibility index (Phi) is 5.27. The quantitative estimate of drug-likeness (QED) is 0.865. The summed E-state index contributed by atoms with van der Waals surface area (Å²) < 4.78 is 5.04. The molecule has 0 heterocycles. The second kappa shape index (κ2) is 6.52. The number of methoxy groups -OCH3 is 1. The van der Waals surface area contributed by atoms with Gasteiger partial charge in [-0.3, -0.25) is 4.79 Å². The smallest absolute Gasteiger partial charge is 0.326 e. The van der Waals surface area contributed by atoms with Crippen LogP contribution in [0.3, 0.4) is 0 Å². The molecule has 0 bridgehead atoms. The Hall–Kier alpha value is -1.88. The lowest BCUT2D eigenvalue weighted by Gasteiger charge is -2.28. The molecule has 0 radical (unpaired) electrons. The fourth-order valence-electron chi connectivity index (χ4n) is 1.88. The van der Waals surface area contributed by atoms with Crippen LogP contribution in [0, 0.1) is 5.41 Å². The fourth-order valence-corrected chi connectivity index (χ4v) is 1.88.